The normalized spacial score (nSPS) is 20.2. The molecule has 2 atom stereocenters. The summed E-state index contributed by atoms with van der Waals surface area (Å²) in [7, 11) is 0. The smallest absolute Gasteiger partial charge is 0.267 e. The molecule has 1 amide bonds. The zero-order valence-corrected chi connectivity index (χ0v) is 16.1. The molecule has 28 heavy (non-hydrogen) atoms. The fraction of sp³-hybridized carbons (Fsp3) is 0.227. The molecule has 1 fully saturated rings. The van der Waals surface area contributed by atoms with Crippen molar-refractivity contribution in [2.45, 2.75) is 25.6 Å². The Kier molecular flexibility index (Phi) is 4.20. The van der Waals surface area contributed by atoms with Crippen LogP contribution in [0, 0.1) is 6.92 Å². The van der Waals surface area contributed by atoms with Crippen LogP contribution in [0.1, 0.15) is 22.0 Å². The van der Waals surface area contributed by atoms with Crippen molar-refractivity contribution in [3.63, 3.8) is 0 Å². The van der Waals surface area contributed by atoms with Gasteiger partial charge in [0.25, 0.3) is 5.91 Å². The van der Waals surface area contributed by atoms with Crippen molar-refractivity contribution in [3.8, 4) is 17.2 Å². The summed E-state index contributed by atoms with van der Waals surface area (Å²) < 4.78 is 16.9. The average molecular weight is 393 g/mol. The Balaban J connectivity index is 1.42. The number of fused-ring (bicyclic) bond motifs is 1. The average Bonchev–Trinajstić information content (AvgIpc) is 3.36. The number of hydrogen-bond acceptors (Lipinski definition) is 5. The molecule has 2 aliphatic rings. The largest absolute Gasteiger partial charge is 0.478 e. The van der Waals surface area contributed by atoms with E-state index in [0.29, 0.717) is 12.3 Å². The van der Waals surface area contributed by atoms with Gasteiger partial charge in [0, 0.05) is 11.4 Å². The zero-order chi connectivity index (χ0) is 19.1. The maximum absolute atomic E-state index is 13.0. The van der Waals surface area contributed by atoms with E-state index in [0.717, 1.165) is 17.1 Å². The van der Waals surface area contributed by atoms with Gasteiger partial charge in [0.2, 0.25) is 12.9 Å². The van der Waals surface area contributed by atoms with Crippen molar-refractivity contribution in [2.24, 2.45) is 0 Å². The molecule has 3 aromatic rings. The van der Waals surface area contributed by atoms with Crippen molar-refractivity contribution in [1.82, 2.24) is 4.90 Å². The molecule has 0 aliphatic carbocycles. The molecule has 0 radical (unpaired) electrons. The van der Waals surface area contributed by atoms with Gasteiger partial charge in [-0.15, -0.1) is 11.3 Å². The highest BCUT2D eigenvalue weighted by Gasteiger charge is 2.51. The van der Waals surface area contributed by atoms with Crippen LogP contribution < -0.4 is 14.2 Å². The van der Waals surface area contributed by atoms with Crippen LogP contribution in [0.4, 0.5) is 0 Å². The maximum atomic E-state index is 13.0. The molecule has 142 valence electrons. The maximum Gasteiger partial charge on any atom is 0.267 e. The van der Waals surface area contributed by atoms with Crippen LogP contribution >= 0.6 is 11.3 Å². The molecule has 0 bridgehead atoms. The van der Waals surface area contributed by atoms with E-state index in [9.17, 15) is 4.79 Å². The molecule has 3 heterocycles. The number of likely N-dealkylation sites (tertiary alicyclic amines) is 1. The second-order valence-corrected chi connectivity index (χ2v) is 7.87. The van der Waals surface area contributed by atoms with Crippen molar-refractivity contribution >= 4 is 17.2 Å². The third kappa shape index (κ3) is 2.90. The number of hydrogen-bond donors (Lipinski definition) is 0. The van der Waals surface area contributed by atoms with Gasteiger partial charge in [0.1, 0.15) is 11.8 Å². The van der Waals surface area contributed by atoms with Gasteiger partial charge in [-0.3, -0.25) is 4.79 Å². The lowest BCUT2D eigenvalue weighted by molar-refractivity contribution is -0.165. The van der Waals surface area contributed by atoms with Crippen molar-refractivity contribution in [2.75, 3.05) is 6.79 Å². The van der Waals surface area contributed by atoms with Crippen LogP contribution in [0.25, 0.3) is 0 Å². The minimum absolute atomic E-state index is 0.000630. The Morgan fingerprint density at radius 3 is 2.71 bits per heavy atom. The van der Waals surface area contributed by atoms with Gasteiger partial charge >= 0.3 is 0 Å². The number of para-hydroxylation sites is 1. The molecule has 0 N–H and O–H groups in total. The first-order valence-electron chi connectivity index (χ1n) is 9.15. The number of rotatable bonds is 5. The van der Waals surface area contributed by atoms with Crippen LogP contribution in [-0.4, -0.2) is 23.7 Å². The first-order valence-corrected chi connectivity index (χ1v) is 10.0. The minimum Gasteiger partial charge on any atom is -0.478 e. The third-order valence-corrected chi connectivity index (χ3v) is 6.21. The lowest BCUT2D eigenvalue weighted by Crippen LogP contribution is -2.60. The Morgan fingerprint density at radius 2 is 1.93 bits per heavy atom. The van der Waals surface area contributed by atoms with E-state index in [-0.39, 0.29) is 18.7 Å². The van der Waals surface area contributed by atoms with Gasteiger partial charge < -0.3 is 19.1 Å². The molecule has 6 heteroatoms. The van der Waals surface area contributed by atoms with Gasteiger partial charge in [-0.1, -0.05) is 24.3 Å². The van der Waals surface area contributed by atoms with Crippen LogP contribution in [-0.2, 0) is 11.3 Å². The number of amides is 1. The van der Waals surface area contributed by atoms with Crippen molar-refractivity contribution in [1.29, 1.82) is 0 Å². The molecular weight excluding hydrogens is 374 g/mol. The van der Waals surface area contributed by atoms with E-state index in [1.54, 1.807) is 11.3 Å². The van der Waals surface area contributed by atoms with E-state index >= 15 is 0 Å². The van der Waals surface area contributed by atoms with Crippen LogP contribution in [0.15, 0.2) is 60.0 Å². The summed E-state index contributed by atoms with van der Waals surface area (Å²) in [5, 5.41) is 2.06. The Hall–Kier alpha value is -2.99. The summed E-state index contributed by atoms with van der Waals surface area (Å²) in [4.78, 5) is 16.0. The molecular formula is C22H19NO4S. The third-order valence-electron chi connectivity index (χ3n) is 5.12. The van der Waals surface area contributed by atoms with Gasteiger partial charge in [-0.2, -0.15) is 0 Å². The predicted octanol–water partition coefficient (Wildman–Crippen LogP) is 4.32. The topological polar surface area (TPSA) is 48.0 Å². The number of nitrogens with zero attached hydrogens (tertiary/aromatic N) is 1. The Bertz CT molecular complexity index is 1020. The second-order valence-electron chi connectivity index (χ2n) is 6.92. The minimum atomic E-state index is -0.506. The highest BCUT2D eigenvalue weighted by molar-refractivity contribution is 7.10. The number of thiophene rings is 1. The van der Waals surface area contributed by atoms with Crippen LogP contribution in [0.3, 0.4) is 0 Å². The second kappa shape index (κ2) is 6.87. The quantitative estimate of drug-likeness (QED) is 0.606. The van der Waals surface area contributed by atoms with E-state index < -0.39 is 6.10 Å². The standard InChI is InChI=1S/C22H19NO4S/c1-14-9-10-28-21(14)19-20(27-16-5-3-2-4-6-16)22(24)23(19)12-15-7-8-17-18(11-15)26-13-25-17/h2-11,19-20H,12-13H2,1H3/t19-,20-/m1/s1. The fourth-order valence-electron chi connectivity index (χ4n) is 3.66. The number of carbonyl (C=O) groups is 1. The summed E-state index contributed by atoms with van der Waals surface area (Å²) in [6, 6.07) is 17.3. The summed E-state index contributed by atoms with van der Waals surface area (Å²) in [5.74, 6) is 2.18. The number of β-lactam (4-membered cyclic amide) rings is 1. The molecule has 1 saturated heterocycles. The van der Waals surface area contributed by atoms with Gasteiger partial charge in [0.15, 0.2) is 11.5 Å². The lowest BCUT2D eigenvalue weighted by atomic mass is 9.93. The van der Waals surface area contributed by atoms with Gasteiger partial charge in [-0.25, -0.2) is 0 Å². The molecule has 2 aromatic carbocycles. The highest BCUT2D eigenvalue weighted by Crippen LogP contribution is 2.43. The van der Waals surface area contributed by atoms with Crippen LogP contribution in [0.2, 0.25) is 0 Å². The Morgan fingerprint density at radius 1 is 1.11 bits per heavy atom. The van der Waals surface area contributed by atoms with E-state index in [1.165, 1.54) is 10.4 Å². The number of benzene rings is 2. The summed E-state index contributed by atoms with van der Waals surface area (Å²) >= 11 is 1.67. The van der Waals surface area contributed by atoms with Gasteiger partial charge in [-0.05, 0) is 53.8 Å². The number of aryl methyl sites for hydroxylation is 1. The lowest BCUT2D eigenvalue weighted by Gasteiger charge is -2.46. The fourth-order valence-corrected chi connectivity index (χ4v) is 4.72. The molecule has 5 nitrogen and oxygen atoms in total. The molecule has 0 unspecified atom stereocenters. The van der Waals surface area contributed by atoms with Crippen molar-refractivity contribution < 1.29 is 19.0 Å². The Labute approximate surface area is 167 Å². The van der Waals surface area contributed by atoms with E-state index in [1.807, 2.05) is 53.4 Å². The first-order chi connectivity index (χ1) is 13.7. The molecule has 5 rings (SSSR count). The number of ether oxygens (including phenoxy) is 3. The predicted molar refractivity (Wildman–Crippen MR) is 106 cm³/mol. The van der Waals surface area contributed by atoms with Crippen molar-refractivity contribution in [3.05, 3.63) is 76.0 Å². The number of carbonyl (C=O) groups excluding carboxylic acids is 1. The zero-order valence-electron chi connectivity index (χ0n) is 15.3. The van der Waals surface area contributed by atoms with E-state index in [4.69, 9.17) is 14.2 Å². The summed E-state index contributed by atoms with van der Waals surface area (Å²) in [6.07, 6.45) is -0.506. The summed E-state index contributed by atoms with van der Waals surface area (Å²) in [6.45, 7) is 2.82. The molecule has 1 aromatic heterocycles. The first kappa shape index (κ1) is 17.1. The SMILES string of the molecule is Cc1ccsc1[C@H]1[C@@H](Oc2ccccc2)C(=O)N1Cc1ccc2c(c1)OCO2. The molecule has 0 spiro atoms. The van der Waals surface area contributed by atoms with Crippen LogP contribution in [0.5, 0.6) is 17.2 Å². The van der Waals surface area contributed by atoms with Gasteiger partial charge in [0.05, 0.1) is 0 Å². The molecule has 2 aliphatic heterocycles. The highest BCUT2D eigenvalue weighted by atomic mass is 32.1. The van der Waals surface area contributed by atoms with E-state index in [2.05, 4.69) is 18.4 Å². The summed E-state index contributed by atoms with van der Waals surface area (Å²) in [5.41, 5.74) is 2.19. The monoisotopic (exact) mass is 393 g/mol. The molecule has 0 saturated carbocycles.